The van der Waals surface area contributed by atoms with E-state index in [4.69, 9.17) is 5.11 Å². The predicted molar refractivity (Wildman–Crippen MR) is 110 cm³/mol. The molecule has 0 saturated heterocycles. The molecule has 7 heteroatoms. The number of aromatic nitrogens is 2. The molecule has 1 N–H and O–H groups in total. The largest absolute Gasteiger partial charge is 0.481 e. The summed E-state index contributed by atoms with van der Waals surface area (Å²) in [5.74, 6) is -0.930. The second kappa shape index (κ2) is 7.52. The number of benzene rings is 2. The highest BCUT2D eigenvalue weighted by atomic mass is 32.2. The van der Waals surface area contributed by atoms with Crippen LogP contribution < -0.4 is 0 Å². The van der Waals surface area contributed by atoms with Crippen molar-refractivity contribution in [3.05, 3.63) is 84.8 Å². The molecule has 0 fully saturated rings. The van der Waals surface area contributed by atoms with Gasteiger partial charge in [-0.1, -0.05) is 36.4 Å². The van der Waals surface area contributed by atoms with Crippen molar-refractivity contribution in [1.82, 2.24) is 8.96 Å². The smallest absolute Gasteiger partial charge is 0.303 e. The molecule has 29 heavy (non-hydrogen) atoms. The quantitative estimate of drug-likeness (QED) is 0.524. The summed E-state index contributed by atoms with van der Waals surface area (Å²) in [4.78, 5) is 15.1. The summed E-state index contributed by atoms with van der Waals surface area (Å²) in [5.41, 5.74) is 3.12. The Morgan fingerprint density at radius 1 is 1.00 bits per heavy atom. The average Bonchev–Trinajstić information content (AvgIpc) is 3.12. The van der Waals surface area contributed by atoms with E-state index in [0.717, 1.165) is 16.5 Å². The van der Waals surface area contributed by atoms with Gasteiger partial charge in [-0.25, -0.2) is 12.4 Å². The van der Waals surface area contributed by atoms with Crippen molar-refractivity contribution in [3.8, 4) is 11.1 Å². The van der Waals surface area contributed by atoms with Crippen LogP contribution in [0, 0.1) is 0 Å². The van der Waals surface area contributed by atoms with Crippen LogP contribution in [-0.2, 0) is 21.2 Å². The molecule has 6 nitrogen and oxygen atoms in total. The lowest BCUT2D eigenvalue weighted by Crippen LogP contribution is -2.12. The van der Waals surface area contributed by atoms with Gasteiger partial charge in [0.05, 0.1) is 5.52 Å². The van der Waals surface area contributed by atoms with E-state index in [0.29, 0.717) is 11.1 Å². The Labute approximate surface area is 168 Å². The molecule has 4 aromatic rings. The van der Waals surface area contributed by atoms with Crippen molar-refractivity contribution in [1.29, 1.82) is 0 Å². The highest BCUT2D eigenvalue weighted by Crippen LogP contribution is 2.31. The molecule has 0 saturated carbocycles. The maximum Gasteiger partial charge on any atom is 0.303 e. The Hall–Kier alpha value is -3.45. The van der Waals surface area contributed by atoms with E-state index >= 15 is 0 Å². The maximum absolute atomic E-state index is 13.2. The zero-order valence-corrected chi connectivity index (χ0v) is 16.2. The minimum absolute atomic E-state index is 0.0776. The Morgan fingerprint density at radius 3 is 2.48 bits per heavy atom. The summed E-state index contributed by atoms with van der Waals surface area (Å²) in [6.07, 6.45) is 4.49. The number of hydrogen-bond donors (Lipinski definition) is 1. The molecule has 0 radical (unpaired) electrons. The molecule has 0 spiro atoms. The summed E-state index contributed by atoms with van der Waals surface area (Å²) in [6.45, 7) is 0. The number of fused-ring (bicyclic) bond motifs is 1. The number of hydrogen-bond acceptors (Lipinski definition) is 4. The van der Waals surface area contributed by atoms with Crippen LogP contribution >= 0.6 is 0 Å². The number of carboxylic acid groups (broad SMARTS) is 1. The van der Waals surface area contributed by atoms with Crippen LogP contribution in [0.4, 0.5) is 0 Å². The first-order valence-corrected chi connectivity index (χ1v) is 10.5. The van der Waals surface area contributed by atoms with Gasteiger partial charge in [-0.3, -0.25) is 9.78 Å². The third-order valence-electron chi connectivity index (χ3n) is 4.76. The average molecular weight is 406 g/mol. The fraction of sp³-hybridized carbons (Fsp3) is 0.0909. The molecule has 0 aliphatic carbocycles. The van der Waals surface area contributed by atoms with Crippen molar-refractivity contribution in [3.63, 3.8) is 0 Å². The molecule has 0 unspecified atom stereocenters. The van der Waals surface area contributed by atoms with E-state index in [1.165, 1.54) is 28.6 Å². The lowest BCUT2D eigenvalue weighted by molar-refractivity contribution is -0.136. The zero-order valence-electron chi connectivity index (χ0n) is 15.4. The Kier molecular flexibility index (Phi) is 4.90. The normalized spacial score (nSPS) is 11.6. The van der Waals surface area contributed by atoms with E-state index in [2.05, 4.69) is 4.98 Å². The molecule has 2 heterocycles. The summed E-state index contributed by atoms with van der Waals surface area (Å²) in [6, 6.07) is 18.3. The van der Waals surface area contributed by atoms with Crippen LogP contribution in [0.25, 0.3) is 22.0 Å². The molecule has 2 aromatic carbocycles. The van der Waals surface area contributed by atoms with Gasteiger partial charge in [0.2, 0.25) is 0 Å². The molecular formula is C22H18N2O4S. The number of pyridine rings is 1. The second-order valence-corrected chi connectivity index (χ2v) is 8.45. The van der Waals surface area contributed by atoms with Crippen molar-refractivity contribution in [2.75, 3.05) is 0 Å². The fourth-order valence-corrected chi connectivity index (χ4v) is 4.69. The van der Waals surface area contributed by atoms with Crippen LogP contribution in [-0.4, -0.2) is 28.5 Å². The Balaban J connectivity index is 1.91. The van der Waals surface area contributed by atoms with E-state index in [9.17, 15) is 13.2 Å². The number of rotatable bonds is 6. The van der Waals surface area contributed by atoms with Gasteiger partial charge >= 0.3 is 5.97 Å². The van der Waals surface area contributed by atoms with Gasteiger partial charge in [0.15, 0.2) is 0 Å². The van der Waals surface area contributed by atoms with Gasteiger partial charge in [-0.2, -0.15) is 0 Å². The van der Waals surface area contributed by atoms with Crippen molar-refractivity contribution >= 4 is 26.9 Å². The molecule has 2 aromatic heterocycles. The van der Waals surface area contributed by atoms with E-state index in [1.54, 1.807) is 12.1 Å². The number of aliphatic carboxylic acids is 1. The lowest BCUT2D eigenvalue weighted by atomic mass is 10.0. The standard InChI is InChI=1S/C22H18N2O4S/c25-22(26)11-9-18-15-24(29(27,28)19-7-4-12-23-14-19)21-10-8-17(13-20(18)21)16-5-2-1-3-6-16/h1-8,10,12-15H,9,11H2,(H,25,26). The van der Waals surface area contributed by atoms with Gasteiger partial charge in [-0.05, 0) is 47.4 Å². The van der Waals surface area contributed by atoms with E-state index in [1.807, 2.05) is 42.5 Å². The van der Waals surface area contributed by atoms with Gasteiger partial charge < -0.3 is 5.11 Å². The molecule has 0 aliphatic rings. The third-order valence-corrected chi connectivity index (χ3v) is 6.42. The van der Waals surface area contributed by atoms with Crippen LogP contribution in [0.3, 0.4) is 0 Å². The molecule has 4 rings (SSSR count). The van der Waals surface area contributed by atoms with Crippen molar-refractivity contribution in [2.45, 2.75) is 17.7 Å². The monoisotopic (exact) mass is 406 g/mol. The minimum Gasteiger partial charge on any atom is -0.481 e. The van der Waals surface area contributed by atoms with Gasteiger partial charge in [-0.15, -0.1) is 0 Å². The Bertz CT molecular complexity index is 1280. The number of aryl methyl sites for hydroxylation is 1. The molecule has 146 valence electrons. The van der Waals surface area contributed by atoms with Crippen molar-refractivity contribution in [2.24, 2.45) is 0 Å². The maximum atomic E-state index is 13.2. The minimum atomic E-state index is -3.85. The van der Waals surface area contributed by atoms with Crippen LogP contribution in [0.2, 0.25) is 0 Å². The summed E-state index contributed by atoms with van der Waals surface area (Å²) in [7, 11) is -3.85. The van der Waals surface area contributed by atoms with Gasteiger partial charge in [0, 0.05) is 30.4 Å². The van der Waals surface area contributed by atoms with E-state index in [-0.39, 0.29) is 17.7 Å². The zero-order chi connectivity index (χ0) is 20.4. The summed E-state index contributed by atoms with van der Waals surface area (Å²) < 4.78 is 27.5. The fourth-order valence-electron chi connectivity index (χ4n) is 3.33. The number of carbonyl (C=O) groups is 1. The summed E-state index contributed by atoms with van der Waals surface area (Å²) in [5, 5.41) is 9.81. The van der Waals surface area contributed by atoms with Gasteiger partial charge in [0.1, 0.15) is 4.90 Å². The molecule has 0 atom stereocenters. The second-order valence-electron chi connectivity index (χ2n) is 6.64. The first-order chi connectivity index (χ1) is 14.0. The first kappa shape index (κ1) is 18.9. The van der Waals surface area contributed by atoms with E-state index < -0.39 is 16.0 Å². The van der Waals surface area contributed by atoms with Crippen LogP contribution in [0.1, 0.15) is 12.0 Å². The predicted octanol–water partition coefficient (Wildman–Crippen LogP) is 3.96. The Morgan fingerprint density at radius 2 is 1.79 bits per heavy atom. The summed E-state index contributed by atoms with van der Waals surface area (Å²) >= 11 is 0. The highest BCUT2D eigenvalue weighted by Gasteiger charge is 2.22. The lowest BCUT2D eigenvalue weighted by Gasteiger charge is -2.08. The SMILES string of the molecule is O=C(O)CCc1cn(S(=O)(=O)c2cccnc2)c2ccc(-c3ccccc3)cc12. The third kappa shape index (κ3) is 3.64. The van der Waals surface area contributed by atoms with Crippen LogP contribution in [0.5, 0.6) is 0 Å². The first-order valence-electron chi connectivity index (χ1n) is 9.03. The molecule has 0 bridgehead atoms. The molecular weight excluding hydrogens is 388 g/mol. The highest BCUT2D eigenvalue weighted by molar-refractivity contribution is 7.90. The van der Waals surface area contributed by atoms with Gasteiger partial charge in [0.25, 0.3) is 10.0 Å². The molecule has 0 amide bonds. The van der Waals surface area contributed by atoms with Crippen LogP contribution in [0.15, 0.2) is 84.1 Å². The number of carboxylic acids is 1. The number of nitrogens with zero attached hydrogens (tertiary/aromatic N) is 2. The molecule has 0 aliphatic heterocycles. The van der Waals surface area contributed by atoms with Crippen molar-refractivity contribution < 1.29 is 18.3 Å². The topological polar surface area (TPSA) is 89.3 Å².